The third kappa shape index (κ3) is 5.01. The Labute approximate surface area is 208 Å². The molecule has 194 valence electrons. The van der Waals surface area contributed by atoms with Crippen LogP contribution in [0.1, 0.15) is 46.1 Å². The molecule has 0 bridgehead atoms. The predicted octanol–water partition coefficient (Wildman–Crippen LogP) is 5.86. The van der Waals surface area contributed by atoms with Crippen LogP contribution in [0.25, 0.3) is 21.3 Å². The number of benzene rings is 1. The smallest absolute Gasteiger partial charge is 0.365 e. The first kappa shape index (κ1) is 26.1. The van der Waals surface area contributed by atoms with Gasteiger partial charge in [-0.15, -0.1) is 11.3 Å². The second kappa shape index (κ2) is 9.50. The van der Waals surface area contributed by atoms with Crippen LogP contribution in [0.4, 0.5) is 32.0 Å². The number of carbonyl (C=O) groups excluding carboxylic acids is 2. The van der Waals surface area contributed by atoms with Crippen molar-refractivity contribution in [3.63, 3.8) is 0 Å². The van der Waals surface area contributed by atoms with Crippen molar-refractivity contribution in [2.24, 2.45) is 5.73 Å². The van der Waals surface area contributed by atoms with Crippen LogP contribution in [0.2, 0.25) is 0 Å². The number of pyridine rings is 1. The van der Waals surface area contributed by atoms with E-state index in [1.165, 1.54) is 26.0 Å². The molecule has 14 heteroatoms. The van der Waals surface area contributed by atoms with Crippen molar-refractivity contribution in [1.29, 1.82) is 0 Å². The molecule has 0 saturated heterocycles. The maximum absolute atomic E-state index is 13.6. The van der Waals surface area contributed by atoms with E-state index in [0.717, 1.165) is 28.9 Å². The summed E-state index contributed by atoms with van der Waals surface area (Å²) in [5.74, 6) is -2.48. The zero-order valence-electron chi connectivity index (χ0n) is 19.0. The minimum atomic E-state index is -4.85. The van der Waals surface area contributed by atoms with Crippen molar-refractivity contribution in [3.05, 3.63) is 64.2 Å². The first-order chi connectivity index (χ1) is 17.3. The normalized spacial score (nSPS) is 12.8. The number of carbonyl (C=O) groups is 2. The lowest BCUT2D eigenvalue weighted by Gasteiger charge is -2.16. The van der Waals surface area contributed by atoms with Gasteiger partial charge in [0.1, 0.15) is 33.0 Å². The zero-order valence-corrected chi connectivity index (χ0v) is 19.8. The van der Waals surface area contributed by atoms with Crippen LogP contribution in [-0.4, -0.2) is 26.6 Å². The first-order valence-electron chi connectivity index (χ1n) is 10.5. The van der Waals surface area contributed by atoms with E-state index in [-0.39, 0.29) is 37.6 Å². The molecular weight excluding hydrogens is 524 g/mol. The molecule has 2 amide bonds. The fourth-order valence-electron chi connectivity index (χ4n) is 3.74. The van der Waals surface area contributed by atoms with Gasteiger partial charge in [-0.25, -0.2) is 18.2 Å². The first-order valence-corrected chi connectivity index (χ1v) is 11.3. The van der Waals surface area contributed by atoms with Gasteiger partial charge in [0.05, 0.1) is 5.69 Å². The average molecular weight is 541 g/mol. The van der Waals surface area contributed by atoms with Crippen molar-refractivity contribution in [2.45, 2.75) is 32.5 Å². The number of fused-ring (bicyclic) bond motifs is 1. The Morgan fingerprint density at radius 2 is 1.78 bits per heavy atom. The molecule has 1 aromatic carbocycles. The van der Waals surface area contributed by atoms with Crippen LogP contribution in [0.5, 0.6) is 0 Å². The van der Waals surface area contributed by atoms with E-state index in [9.17, 15) is 35.9 Å². The quantitative estimate of drug-likeness (QED) is 0.299. The molecule has 4 rings (SSSR count). The fraction of sp³-hybridized carbons (Fsp3) is 0.217. The number of thiophene rings is 1. The van der Waals surface area contributed by atoms with E-state index in [1.807, 2.05) is 0 Å². The van der Waals surface area contributed by atoms with Crippen LogP contribution in [0, 0.1) is 12.7 Å². The summed E-state index contributed by atoms with van der Waals surface area (Å²) in [5.41, 5.74) is 3.76. The van der Waals surface area contributed by atoms with Gasteiger partial charge in [-0.2, -0.15) is 18.3 Å². The summed E-state index contributed by atoms with van der Waals surface area (Å²) in [6.45, 7) is 2.83. The molecule has 7 nitrogen and oxygen atoms in total. The molecule has 0 saturated carbocycles. The lowest BCUT2D eigenvalue weighted by atomic mass is 10.0. The highest BCUT2D eigenvalue weighted by molar-refractivity contribution is 7.21. The Hall–Kier alpha value is -3.94. The number of rotatable bonds is 6. The number of alkyl halides is 5. The summed E-state index contributed by atoms with van der Waals surface area (Å²) in [7, 11) is 0. The third-order valence-corrected chi connectivity index (χ3v) is 6.59. The molecule has 3 N–H and O–H groups in total. The number of nitrogens with one attached hydrogen (secondary N) is 1. The molecule has 0 aliphatic heterocycles. The molecule has 3 aromatic heterocycles. The number of aromatic nitrogens is 3. The highest BCUT2D eigenvalue weighted by Crippen LogP contribution is 2.44. The molecule has 1 atom stereocenters. The van der Waals surface area contributed by atoms with Gasteiger partial charge >= 0.3 is 6.18 Å². The van der Waals surface area contributed by atoms with Crippen molar-refractivity contribution in [3.8, 4) is 11.1 Å². The average Bonchev–Trinajstić information content (AvgIpc) is 3.39. The largest absolute Gasteiger partial charge is 0.433 e. The van der Waals surface area contributed by atoms with Crippen LogP contribution in [0.15, 0.2) is 36.4 Å². The van der Waals surface area contributed by atoms with Crippen LogP contribution >= 0.6 is 11.3 Å². The van der Waals surface area contributed by atoms with Gasteiger partial charge in [0.15, 0.2) is 0 Å². The van der Waals surface area contributed by atoms with Gasteiger partial charge < -0.3 is 11.1 Å². The van der Waals surface area contributed by atoms with Crippen LogP contribution in [-0.2, 0) is 11.0 Å². The van der Waals surface area contributed by atoms with Gasteiger partial charge in [-0.1, -0.05) is 12.1 Å². The molecule has 0 aliphatic rings. The number of aryl methyl sites for hydroxylation is 1. The summed E-state index contributed by atoms with van der Waals surface area (Å²) >= 11 is 0.539. The summed E-state index contributed by atoms with van der Waals surface area (Å²) in [6, 6.07) is 5.23. The number of anilines is 1. The summed E-state index contributed by atoms with van der Waals surface area (Å²) < 4.78 is 81.5. The third-order valence-electron chi connectivity index (χ3n) is 5.49. The number of hydrogen-bond donors (Lipinski definition) is 2. The Bertz CT molecular complexity index is 1510. The van der Waals surface area contributed by atoms with Gasteiger partial charge in [0, 0.05) is 11.1 Å². The molecule has 0 spiro atoms. The molecule has 0 fully saturated rings. The van der Waals surface area contributed by atoms with Crippen molar-refractivity contribution >= 4 is 39.1 Å². The van der Waals surface area contributed by atoms with E-state index >= 15 is 0 Å². The predicted molar refractivity (Wildman–Crippen MR) is 124 cm³/mol. The Balaban J connectivity index is 1.89. The second-order valence-corrected chi connectivity index (χ2v) is 9.03. The maximum Gasteiger partial charge on any atom is 0.433 e. The van der Waals surface area contributed by atoms with Gasteiger partial charge in [0.25, 0.3) is 12.3 Å². The van der Waals surface area contributed by atoms with Crippen molar-refractivity contribution < 1.29 is 35.9 Å². The molecule has 3 heterocycles. The van der Waals surface area contributed by atoms with E-state index < -0.39 is 47.7 Å². The van der Waals surface area contributed by atoms with Crippen LogP contribution in [0.3, 0.4) is 0 Å². The van der Waals surface area contributed by atoms with E-state index in [1.54, 1.807) is 0 Å². The van der Waals surface area contributed by atoms with E-state index in [0.29, 0.717) is 11.3 Å². The summed E-state index contributed by atoms with van der Waals surface area (Å²) in [6.07, 6.45) is -7.72. The van der Waals surface area contributed by atoms with Gasteiger partial charge in [-0.05, 0) is 49.2 Å². The molecule has 37 heavy (non-hydrogen) atoms. The van der Waals surface area contributed by atoms with Gasteiger partial charge in [-0.3, -0.25) is 14.3 Å². The number of primary amides is 1. The number of amides is 2. The number of hydrogen-bond acceptors (Lipinski definition) is 5. The lowest BCUT2D eigenvalue weighted by Crippen LogP contribution is -2.26. The SMILES string of the molecule is Cc1cc(C(F)F)nn1C(C)C(=O)Nc1c(C(N)=O)sc2nc(C(F)(F)F)cc(-c3ccc(F)cc3)c12. The maximum atomic E-state index is 13.6. The number of halogens is 6. The number of nitrogens with zero attached hydrogens (tertiary/aromatic N) is 3. The lowest BCUT2D eigenvalue weighted by molar-refractivity contribution is -0.140. The Morgan fingerprint density at radius 3 is 2.32 bits per heavy atom. The van der Waals surface area contributed by atoms with Crippen LogP contribution < -0.4 is 11.1 Å². The monoisotopic (exact) mass is 541 g/mol. The highest BCUT2D eigenvalue weighted by Gasteiger charge is 2.35. The molecule has 0 aliphatic carbocycles. The fourth-order valence-corrected chi connectivity index (χ4v) is 4.75. The van der Waals surface area contributed by atoms with Crippen molar-refractivity contribution in [1.82, 2.24) is 14.8 Å². The summed E-state index contributed by atoms with van der Waals surface area (Å²) in [5, 5.41) is 6.20. The molecule has 1 unspecified atom stereocenters. The van der Waals surface area contributed by atoms with Gasteiger partial charge in [0.2, 0.25) is 5.91 Å². The zero-order chi connectivity index (χ0) is 27.2. The molecule has 4 aromatic rings. The minimum Gasteiger partial charge on any atom is -0.365 e. The topological polar surface area (TPSA) is 103 Å². The Kier molecular flexibility index (Phi) is 6.71. The molecular formula is C23H17F6N5O2S. The standard InChI is InChI=1S/C23H17F6N5O2S/c1-9-7-14(19(25)26)33-34(9)10(2)21(36)32-17-16-13(11-3-5-12(24)6-4-11)8-15(23(27,28)29)31-22(16)37-18(17)20(30)35/h3-8,10,19H,1-2H3,(H2,30,35)(H,32,36). The molecule has 0 radical (unpaired) electrons. The summed E-state index contributed by atoms with van der Waals surface area (Å²) in [4.78, 5) is 28.4. The van der Waals surface area contributed by atoms with E-state index in [2.05, 4.69) is 15.4 Å². The van der Waals surface area contributed by atoms with E-state index in [4.69, 9.17) is 5.73 Å². The highest BCUT2D eigenvalue weighted by atomic mass is 32.1. The van der Waals surface area contributed by atoms with Crippen molar-refractivity contribution in [2.75, 3.05) is 5.32 Å². The second-order valence-electron chi connectivity index (χ2n) is 8.03. The minimum absolute atomic E-state index is 0.0237. The number of nitrogens with two attached hydrogens (primary N) is 1. The Morgan fingerprint density at radius 1 is 1.14 bits per heavy atom.